The SMILES string of the molecule is CCCC[N+]1=C(C=CC=c2oc(=O)c(=C/C=C3/SCCN3CCCS(=O)(=O)[O-])n2C)SCC1. The van der Waals surface area contributed by atoms with Gasteiger partial charge in [0.1, 0.15) is 11.9 Å². The number of oxazole rings is 1. The second-order valence-corrected chi connectivity index (χ2v) is 11.6. The lowest BCUT2D eigenvalue weighted by molar-refractivity contribution is -0.517. The summed E-state index contributed by atoms with van der Waals surface area (Å²) in [5, 5.41) is 2.63. The van der Waals surface area contributed by atoms with Crippen molar-refractivity contribution in [1.29, 1.82) is 0 Å². The third kappa shape index (κ3) is 7.66. The average Bonchev–Trinajstić information content (AvgIpc) is 3.45. The van der Waals surface area contributed by atoms with Crippen LogP contribution in [-0.2, 0) is 17.2 Å². The first kappa shape index (κ1) is 25.9. The van der Waals surface area contributed by atoms with E-state index < -0.39 is 15.7 Å². The zero-order valence-corrected chi connectivity index (χ0v) is 21.5. The quantitative estimate of drug-likeness (QED) is 0.336. The lowest BCUT2D eigenvalue weighted by Crippen LogP contribution is -2.29. The van der Waals surface area contributed by atoms with Crippen LogP contribution in [0.3, 0.4) is 0 Å². The molecule has 0 radical (unpaired) electrons. The Kier molecular flexibility index (Phi) is 9.54. The minimum atomic E-state index is -4.20. The number of rotatable bonds is 10. The fraction of sp³-hybridized carbons (Fsp3) is 0.545. The third-order valence-corrected chi connectivity index (χ3v) is 8.35. The van der Waals surface area contributed by atoms with Crippen LogP contribution in [0.1, 0.15) is 26.2 Å². The maximum absolute atomic E-state index is 12.4. The molecule has 0 N–H and O–H groups in total. The third-order valence-electron chi connectivity index (χ3n) is 5.41. The van der Waals surface area contributed by atoms with E-state index in [-0.39, 0.29) is 12.2 Å². The molecule has 0 bridgehead atoms. The van der Waals surface area contributed by atoms with Gasteiger partial charge in [-0.05, 0) is 30.7 Å². The first-order valence-electron chi connectivity index (χ1n) is 11.1. The fourth-order valence-corrected chi connectivity index (χ4v) is 6.21. The van der Waals surface area contributed by atoms with Crippen LogP contribution >= 0.6 is 23.5 Å². The first-order valence-corrected chi connectivity index (χ1v) is 14.7. The Bertz CT molecular complexity index is 1210. The Morgan fingerprint density at radius 3 is 2.76 bits per heavy atom. The lowest BCUT2D eigenvalue weighted by Gasteiger charge is -2.19. The molecule has 0 spiro atoms. The maximum atomic E-state index is 12.4. The van der Waals surface area contributed by atoms with Gasteiger partial charge in [0.15, 0.2) is 6.54 Å². The van der Waals surface area contributed by atoms with Crippen molar-refractivity contribution in [1.82, 2.24) is 9.47 Å². The van der Waals surface area contributed by atoms with E-state index in [1.165, 1.54) is 17.9 Å². The van der Waals surface area contributed by atoms with Gasteiger partial charge in [-0.15, -0.1) is 11.8 Å². The summed E-state index contributed by atoms with van der Waals surface area (Å²) >= 11 is 3.48. The normalized spacial score (nSPS) is 19.8. The minimum Gasteiger partial charge on any atom is -0.748 e. The Hall–Kier alpha value is -1.69. The molecule has 2 aliphatic rings. The Balaban J connectivity index is 1.75. The van der Waals surface area contributed by atoms with Crippen LogP contribution in [0, 0.1) is 0 Å². The van der Waals surface area contributed by atoms with Crippen molar-refractivity contribution >= 4 is 50.8 Å². The molecule has 0 aliphatic carbocycles. The van der Waals surface area contributed by atoms with E-state index in [9.17, 15) is 17.8 Å². The molecule has 8 nitrogen and oxygen atoms in total. The molecule has 0 unspecified atom stereocenters. The molecule has 3 heterocycles. The van der Waals surface area contributed by atoms with Crippen LogP contribution in [0.5, 0.6) is 0 Å². The van der Waals surface area contributed by atoms with Crippen LogP contribution in [0.15, 0.2) is 32.5 Å². The smallest absolute Gasteiger partial charge is 0.361 e. The fourth-order valence-electron chi connectivity index (χ4n) is 3.62. The summed E-state index contributed by atoms with van der Waals surface area (Å²) in [7, 11) is -2.41. The highest BCUT2D eigenvalue weighted by molar-refractivity contribution is 8.14. The van der Waals surface area contributed by atoms with Gasteiger partial charge in [0, 0.05) is 44.1 Å². The van der Waals surface area contributed by atoms with Gasteiger partial charge in [0.05, 0.1) is 20.9 Å². The summed E-state index contributed by atoms with van der Waals surface area (Å²) in [5.74, 6) is 1.60. The number of unbranched alkanes of at least 4 members (excludes halogenated alkanes) is 1. The zero-order chi connectivity index (χ0) is 23.8. The highest BCUT2D eigenvalue weighted by Crippen LogP contribution is 2.27. The monoisotopic (exact) mass is 513 g/mol. The van der Waals surface area contributed by atoms with Gasteiger partial charge in [-0.1, -0.05) is 25.1 Å². The Morgan fingerprint density at radius 2 is 2.00 bits per heavy atom. The minimum absolute atomic E-state index is 0.286. The van der Waals surface area contributed by atoms with Crippen molar-refractivity contribution in [3.63, 3.8) is 0 Å². The predicted molar refractivity (Wildman–Crippen MR) is 135 cm³/mol. The summed E-state index contributed by atoms with van der Waals surface area (Å²) in [6.45, 7) is 5.60. The first-order chi connectivity index (χ1) is 15.8. The van der Waals surface area contributed by atoms with Crippen LogP contribution in [0.4, 0.5) is 0 Å². The van der Waals surface area contributed by atoms with Crippen molar-refractivity contribution < 1.29 is 22.0 Å². The van der Waals surface area contributed by atoms with E-state index in [0.717, 1.165) is 36.2 Å². The van der Waals surface area contributed by atoms with Crippen LogP contribution in [-0.4, -0.2) is 75.5 Å². The summed E-state index contributed by atoms with van der Waals surface area (Å²) in [6, 6.07) is 0. The molecule has 2 aliphatic heterocycles. The van der Waals surface area contributed by atoms with E-state index in [2.05, 4.69) is 17.6 Å². The highest BCUT2D eigenvalue weighted by atomic mass is 32.2. The summed E-state index contributed by atoms with van der Waals surface area (Å²) < 4.78 is 42.0. The molecular formula is C22H31N3O5S3. The molecule has 1 aromatic rings. The van der Waals surface area contributed by atoms with Crippen molar-refractivity contribution in [2.24, 2.45) is 7.05 Å². The summed E-state index contributed by atoms with van der Waals surface area (Å²) in [4.78, 5) is 14.4. The molecule has 0 amide bonds. The number of nitrogens with zero attached hydrogens (tertiary/aromatic N) is 3. The number of aromatic nitrogens is 1. The van der Waals surface area contributed by atoms with Crippen molar-refractivity contribution in [2.75, 3.05) is 43.4 Å². The van der Waals surface area contributed by atoms with Gasteiger partial charge in [0.25, 0.3) is 0 Å². The molecular weight excluding hydrogens is 482 g/mol. The van der Waals surface area contributed by atoms with Crippen LogP contribution in [0.25, 0.3) is 12.2 Å². The molecule has 33 heavy (non-hydrogen) atoms. The Morgan fingerprint density at radius 1 is 1.18 bits per heavy atom. The topological polar surface area (TPSA) is 98.6 Å². The molecule has 3 rings (SSSR count). The van der Waals surface area contributed by atoms with Crippen LogP contribution < -0.4 is 16.5 Å². The van der Waals surface area contributed by atoms with Gasteiger partial charge in [-0.25, -0.2) is 17.8 Å². The van der Waals surface area contributed by atoms with Gasteiger partial charge in [-0.2, -0.15) is 0 Å². The Labute approximate surface area is 203 Å². The van der Waals surface area contributed by atoms with E-state index in [4.69, 9.17) is 4.42 Å². The number of hydrogen-bond donors (Lipinski definition) is 0. The number of hydrogen-bond acceptors (Lipinski definition) is 8. The summed E-state index contributed by atoms with van der Waals surface area (Å²) in [5.41, 5.74) is 0.0645. The summed E-state index contributed by atoms with van der Waals surface area (Å²) in [6.07, 6.45) is 12.0. The van der Waals surface area contributed by atoms with Crippen molar-refractivity contribution in [2.45, 2.75) is 26.2 Å². The van der Waals surface area contributed by atoms with Crippen molar-refractivity contribution in [3.05, 3.63) is 44.6 Å². The molecule has 1 fully saturated rings. The van der Waals surface area contributed by atoms with Gasteiger partial charge >= 0.3 is 5.63 Å². The zero-order valence-electron chi connectivity index (χ0n) is 19.1. The second-order valence-electron chi connectivity index (χ2n) is 7.85. The van der Waals surface area contributed by atoms with Crippen LogP contribution in [0.2, 0.25) is 0 Å². The van der Waals surface area contributed by atoms with Gasteiger partial charge < -0.3 is 18.4 Å². The molecule has 11 heteroatoms. The van der Waals surface area contributed by atoms with Gasteiger partial charge in [-0.3, -0.25) is 0 Å². The maximum Gasteiger partial charge on any atom is 0.361 e. The number of thioether (sulfide) groups is 2. The molecule has 1 saturated heterocycles. The lowest BCUT2D eigenvalue weighted by atomic mass is 10.3. The number of allylic oxidation sites excluding steroid dienone is 2. The molecule has 182 valence electrons. The van der Waals surface area contributed by atoms with Crippen molar-refractivity contribution in [3.8, 4) is 0 Å². The molecule has 0 aromatic carbocycles. The van der Waals surface area contributed by atoms with E-state index in [0.29, 0.717) is 17.4 Å². The largest absolute Gasteiger partial charge is 0.748 e. The van der Waals surface area contributed by atoms with E-state index in [1.54, 1.807) is 35.5 Å². The average molecular weight is 514 g/mol. The predicted octanol–water partition coefficient (Wildman–Crippen LogP) is 0.879. The molecule has 0 saturated carbocycles. The van der Waals surface area contributed by atoms with E-state index >= 15 is 0 Å². The molecule has 0 atom stereocenters. The standard InChI is InChI=1S/C22H31N3O5S3/c1-3-4-11-24-13-15-31-20(24)8-5-7-19-23(2)18(22(26)30-19)9-10-21-25(14-16-32-21)12-6-17-33(27,28)29/h5,7-10H,3-4,6,11-17H2,1-2H3/b18-9?,21-10+. The van der Waals surface area contributed by atoms with Gasteiger partial charge in [0.2, 0.25) is 10.6 Å². The molecule has 1 aromatic heterocycles. The second kappa shape index (κ2) is 12.1. The van der Waals surface area contributed by atoms with E-state index in [1.807, 2.05) is 28.8 Å². The highest BCUT2D eigenvalue weighted by Gasteiger charge is 2.20.